The van der Waals surface area contributed by atoms with Crippen LogP contribution in [0.25, 0.3) is 0 Å². The van der Waals surface area contributed by atoms with E-state index in [2.05, 4.69) is 12.2 Å². The molecule has 0 bridgehead atoms. The normalized spacial score (nSPS) is 20.6. The van der Waals surface area contributed by atoms with E-state index in [-0.39, 0.29) is 10.9 Å². The number of nitrogens with one attached hydrogen (secondary N) is 1. The van der Waals surface area contributed by atoms with Crippen LogP contribution in [0, 0.1) is 5.82 Å². The molecule has 1 atom stereocenters. The van der Waals surface area contributed by atoms with Gasteiger partial charge >= 0.3 is 0 Å². The van der Waals surface area contributed by atoms with Crippen molar-refractivity contribution in [2.45, 2.75) is 43.5 Å². The Bertz CT molecular complexity index is 545. The average Bonchev–Trinajstić information content (AvgIpc) is 2.48. The van der Waals surface area contributed by atoms with Gasteiger partial charge in [-0.15, -0.1) is 0 Å². The van der Waals surface area contributed by atoms with Crippen LogP contribution in [-0.4, -0.2) is 38.4 Å². The van der Waals surface area contributed by atoms with Crippen molar-refractivity contribution in [2.24, 2.45) is 0 Å². The first-order valence-corrected chi connectivity index (χ1v) is 8.98. The molecule has 1 fully saturated rings. The van der Waals surface area contributed by atoms with Crippen LogP contribution in [-0.2, 0) is 10.0 Å². The zero-order valence-corrected chi connectivity index (χ0v) is 13.2. The third-order valence-electron chi connectivity index (χ3n) is 3.80. The van der Waals surface area contributed by atoms with Gasteiger partial charge in [-0.2, -0.15) is 4.31 Å². The van der Waals surface area contributed by atoms with Crippen molar-refractivity contribution < 1.29 is 12.8 Å². The average molecular weight is 314 g/mol. The number of benzene rings is 1. The second-order valence-electron chi connectivity index (χ2n) is 5.42. The minimum Gasteiger partial charge on any atom is -0.315 e. The quantitative estimate of drug-likeness (QED) is 0.820. The van der Waals surface area contributed by atoms with Gasteiger partial charge in [-0.25, -0.2) is 12.8 Å². The van der Waals surface area contributed by atoms with Gasteiger partial charge < -0.3 is 5.32 Å². The first-order valence-electron chi connectivity index (χ1n) is 7.54. The van der Waals surface area contributed by atoms with E-state index in [0.29, 0.717) is 13.1 Å². The molecular formula is C15H23FN2O2S. The molecule has 1 aliphatic heterocycles. The summed E-state index contributed by atoms with van der Waals surface area (Å²) in [5.74, 6) is -0.422. The fourth-order valence-corrected chi connectivity index (χ4v) is 4.37. The summed E-state index contributed by atoms with van der Waals surface area (Å²) in [5, 5.41) is 3.30. The zero-order valence-electron chi connectivity index (χ0n) is 12.4. The standard InChI is InChI=1S/C15H23FN2O2S/c1-2-10-17-12-14-5-3-4-11-18(14)21(19,20)15-8-6-13(16)7-9-15/h6-9,14,17H,2-5,10-12H2,1H3. The molecule has 21 heavy (non-hydrogen) atoms. The van der Waals surface area contributed by atoms with Crippen LogP contribution >= 0.6 is 0 Å². The van der Waals surface area contributed by atoms with Crippen LogP contribution in [0.15, 0.2) is 29.2 Å². The molecule has 1 unspecified atom stereocenters. The molecule has 4 nitrogen and oxygen atoms in total. The van der Waals surface area contributed by atoms with Gasteiger partial charge in [0.1, 0.15) is 5.82 Å². The SMILES string of the molecule is CCCNCC1CCCCN1S(=O)(=O)c1ccc(F)cc1. The highest BCUT2D eigenvalue weighted by atomic mass is 32.2. The summed E-state index contributed by atoms with van der Waals surface area (Å²) in [6.45, 7) is 4.19. The lowest BCUT2D eigenvalue weighted by Crippen LogP contribution is -2.48. The van der Waals surface area contributed by atoms with Gasteiger partial charge in [0, 0.05) is 19.1 Å². The Morgan fingerprint density at radius 3 is 2.67 bits per heavy atom. The molecule has 1 N–H and O–H groups in total. The van der Waals surface area contributed by atoms with Gasteiger partial charge in [-0.1, -0.05) is 13.3 Å². The molecule has 1 aromatic rings. The Labute approximate surface area is 126 Å². The van der Waals surface area contributed by atoms with Gasteiger partial charge in [-0.05, 0) is 50.1 Å². The zero-order chi connectivity index (χ0) is 15.3. The van der Waals surface area contributed by atoms with Crippen molar-refractivity contribution in [3.05, 3.63) is 30.1 Å². The number of hydrogen-bond donors (Lipinski definition) is 1. The van der Waals surface area contributed by atoms with Crippen LogP contribution in [0.4, 0.5) is 4.39 Å². The first kappa shape index (κ1) is 16.4. The van der Waals surface area contributed by atoms with E-state index in [1.54, 1.807) is 4.31 Å². The van der Waals surface area contributed by atoms with Crippen LogP contribution < -0.4 is 5.32 Å². The molecule has 0 aromatic heterocycles. The molecule has 0 saturated carbocycles. The molecule has 0 radical (unpaired) electrons. The molecule has 6 heteroatoms. The Kier molecular flexibility index (Phi) is 5.72. The van der Waals surface area contributed by atoms with Gasteiger partial charge in [-0.3, -0.25) is 0 Å². The maximum atomic E-state index is 13.0. The number of rotatable bonds is 6. The molecule has 118 valence electrons. The van der Waals surface area contributed by atoms with E-state index >= 15 is 0 Å². The van der Waals surface area contributed by atoms with Gasteiger partial charge in [0.25, 0.3) is 0 Å². The molecule has 1 saturated heterocycles. The van der Waals surface area contributed by atoms with Gasteiger partial charge in [0.05, 0.1) is 4.90 Å². The van der Waals surface area contributed by atoms with E-state index in [9.17, 15) is 12.8 Å². The summed E-state index contributed by atoms with van der Waals surface area (Å²) in [4.78, 5) is 0.172. The molecule has 0 spiro atoms. The monoisotopic (exact) mass is 314 g/mol. The number of sulfonamides is 1. The minimum atomic E-state index is -3.54. The summed E-state index contributed by atoms with van der Waals surface area (Å²) < 4.78 is 40.0. The van der Waals surface area contributed by atoms with Crippen LogP contribution in [0.1, 0.15) is 32.6 Å². The summed E-state index contributed by atoms with van der Waals surface area (Å²) in [7, 11) is -3.54. The van der Waals surface area contributed by atoms with E-state index in [0.717, 1.165) is 32.2 Å². The van der Waals surface area contributed by atoms with Crippen molar-refractivity contribution in [1.29, 1.82) is 0 Å². The van der Waals surface area contributed by atoms with Crippen LogP contribution in [0.5, 0.6) is 0 Å². The lowest BCUT2D eigenvalue weighted by Gasteiger charge is -2.34. The third-order valence-corrected chi connectivity index (χ3v) is 5.77. The van der Waals surface area contributed by atoms with Crippen LogP contribution in [0.2, 0.25) is 0 Å². The number of halogens is 1. The van der Waals surface area contributed by atoms with E-state index < -0.39 is 15.8 Å². The summed E-state index contributed by atoms with van der Waals surface area (Å²) in [5.41, 5.74) is 0. The maximum Gasteiger partial charge on any atom is 0.243 e. The highest BCUT2D eigenvalue weighted by Gasteiger charge is 2.33. The molecule has 1 aliphatic rings. The van der Waals surface area contributed by atoms with Crippen molar-refractivity contribution >= 4 is 10.0 Å². The Hall–Kier alpha value is -0.980. The fraction of sp³-hybridized carbons (Fsp3) is 0.600. The van der Waals surface area contributed by atoms with Gasteiger partial charge in [0.2, 0.25) is 10.0 Å². The first-order chi connectivity index (χ1) is 10.1. The molecule has 0 amide bonds. The Morgan fingerprint density at radius 2 is 2.00 bits per heavy atom. The number of hydrogen-bond acceptors (Lipinski definition) is 3. The largest absolute Gasteiger partial charge is 0.315 e. The van der Waals surface area contributed by atoms with Crippen molar-refractivity contribution in [1.82, 2.24) is 9.62 Å². The minimum absolute atomic E-state index is 0.0136. The number of piperidine rings is 1. The fourth-order valence-electron chi connectivity index (χ4n) is 2.68. The van der Waals surface area contributed by atoms with E-state index in [1.807, 2.05) is 0 Å². The Balaban J connectivity index is 2.17. The summed E-state index contributed by atoms with van der Waals surface area (Å²) >= 11 is 0. The summed E-state index contributed by atoms with van der Waals surface area (Å²) in [6.07, 6.45) is 3.83. The lowest BCUT2D eigenvalue weighted by atomic mass is 10.1. The Morgan fingerprint density at radius 1 is 1.29 bits per heavy atom. The third kappa shape index (κ3) is 4.02. The summed E-state index contributed by atoms with van der Waals surface area (Å²) in [6, 6.07) is 5.06. The lowest BCUT2D eigenvalue weighted by molar-refractivity contribution is 0.246. The van der Waals surface area contributed by atoms with Gasteiger partial charge in [0.15, 0.2) is 0 Å². The van der Waals surface area contributed by atoms with Crippen molar-refractivity contribution in [2.75, 3.05) is 19.6 Å². The molecular weight excluding hydrogens is 291 g/mol. The van der Waals surface area contributed by atoms with E-state index in [1.165, 1.54) is 24.3 Å². The predicted molar refractivity (Wildman–Crippen MR) is 81.1 cm³/mol. The molecule has 1 heterocycles. The molecule has 0 aliphatic carbocycles. The topological polar surface area (TPSA) is 49.4 Å². The molecule has 1 aromatic carbocycles. The second-order valence-corrected chi connectivity index (χ2v) is 7.31. The van der Waals surface area contributed by atoms with E-state index in [4.69, 9.17) is 0 Å². The highest BCUT2D eigenvalue weighted by Crippen LogP contribution is 2.25. The number of nitrogens with zero attached hydrogens (tertiary/aromatic N) is 1. The smallest absolute Gasteiger partial charge is 0.243 e. The second kappa shape index (κ2) is 7.33. The highest BCUT2D eigenvalue weighted by molar-refractivity contribution is 7.89. The van der Waals surface area contributed by atoms with Crippen LogP contribution in [0.3, 0.4) is 0 Å². The molecule has 2 rings (SSSR count). The van der Waals surface area contributed by atoms with Crippen molar-refractivity contribution in [3.8, 4) is 0 Å². The maximum absolute atomic E-state index is 13.0. The predicted octanol–water partition coefficient (Wildman–Crippen LogP) is 2.37. The van der Waals surface area contributed by atoms with Crippen molar-refractivity contribution in [3.63, 3.8) is 0 Å².